The molecule has 1 amide bonds. The summed E-state index contributed by atoms with van der Waals surface area (Å²) in [4.78, 5) is 17.5. The molecule has 38 heavy (non-hydrogen) atoms. The average Bonchev–Trinajstić information content (AvgIpc) is 3.38. The molecule has 1 fully saturated rings. The van der Waals surface area contributed by atoms with Crippen molar-refractivity contribution in [3.8, 4) is 11.5 Å². The van der Waals surface area contributed by atoms with Gasteiger partial charge in [0.25, 0.3) is 0 Å². The lowest BCUT2D eigenvalue weighted by atomic mass is 10.1. The summed E-state index contributed by atoms with van der Waals surface area (Å²) in [5.74, 6) is 1.33. The number of piperazine rings is 1. The Hall–Kier alpha value is -2.92. The number of aryl methyl sites for hydroxylation is 1. The average molecular weight is 601 g/mol. The second kappa shape index (κ2) is 11.4. The van der Waals surface area contributed by atoms with Crippen molar-refractivity contribution in [1.29, 1.82) is 0 Å². The van der Waals surface area contributed by atoms with Gasteiger partial charge in [0.1, 0.15) is 0 Å². The first-order valence-electron chi connectivity index (χ1n) is 12.5. The molecular weight excluding hydrogens is 570 g/mol. The number of fused-ring (bicyclic) bond motifs is 1. The monoisotopic (exact) mass is 599 g/mol. The first-order valence-corrected chi connectivity index (χ1v) is 14.7. The number of benzene rings is 3. The number of nitrogens with zero attached hydrogens (tertiary/aromatic N) is 3. The molecule has 10 heteroatoms. The van der Waals surface area contributed by atoms with Gasteiger partial charge >= 0.3 is 0 Å². The Morgan fingerprint density at radius 3 is 2.26 bits per heavy atom. The zero-order chi connectivity index (χ0) is 26.7. The van der Waals surface area contributed by atoms with E-state index in [1.807, 2.05) is 49.4 Å². The van der Waals surface area contributed by atoms with Crippen molar-refractivity contribution in [2.45, 2.75) is 24.9 Å². The second-order valence-corrected chi connectivity index (χ2v) is 12.4. The third kappa shape index (κ3) is 6.20. The van der Waals surface area contributed by atoms with Gasteiger partial charge < -0.3 is 14.4 Å². The molecule has 8 nitrogen and oxygen atoms in total. The van der Waals surface area contributed by atoms with E-state index in [-0.39, 0.29) is 30.7 Å². The van der Waals surface area contributed by atoms with E-state index in [1.165, 1.54) is 4.31 Å². The fraction of sp³-hybridized carbons (Fsp3) is 0.321. The molecule has 2 aliphatic heterocycles. The Morgan fingerprint density at radius 1 is 0.895 bits per heavy atom. The van der Waals surface area contributed by atoms with E-state index < -0.39 is 10.0 Å². The van der Waals surface area contributed by atoms with Crippen LogP contribution in [0.1, 0.15) is 16.7 Å². The minimum atomic E-state index is -3.88. The van der Waals surface area contributed by atoms with E-state index in [0.29, 0.717) is 26.2 Å². The number of halogens is 1. The van der Waals surface area contributed by atoms with E-state index in [4.69, 9.17) is 9.47 Å². The van der Waals surface area contributed by atoms with Gasteiger partial charge in [-0.1, -0.05) is 51.8 Å². The van der Waals surface area contributed by atoms with Crippen molar-refractivity contribution in [3.63, 3.8) is 0 Å². The van der Waals surface area contributed by atoms with Gasteiger partial charge in [-0.25, -0.2) is 8.42 Å². The highest BCUT2D eigenvalue weighted by Crippen LogP contribution is 2.33. The summed E-state index contributed by atoms with van der Waals surface area (Å²) in [6.07, 6.45) is 0. The minimum absolute atomic E-state index is 0.120. The Bertz CT molecular complexity index is 1390. The van der Waals surface area contributed by atoms with Crippen molar-refractivity contribution in [1.82, 2.24) is 14.1 Å². The van der Waals surface area contributed by atoms with Crippen molar-refractivity contribution in [3.05, 3.63) is 87.9 Å². The summed E-state index contributed by atoms with van der Waals surface area (Å²) in [5, 5.41) is 0. The second-order valence-electron chi connectivity index (χ2n) is 9.56. The van der Waals surface area contributed by atoms with Crippen LogP contribution in [0.4, 0.5) is 0 Å². The van der Waals surface area contributed by atoms with Crippen molar-refractivity contribution in [2.24, 2.45) is 0 Å². The molecule has 0 unspecified atom stereocenters. The van der Waals surface area contributed by atoms with Crippen LogP contribution in [0.25, 0.3) is 0 Å². The normalized spacial score (nSPS) is 15.7. The van der Waals surface area contributed by atoms with Crippen molar-refractivity contribution in [2.75, 3.05) is 39.5 Å². The van der Waals surface area contributed by atoms with E-state index in [9.17, 15) is 13.2 Å². The highest BCUT2D eigenvalue weighted by Gasteiger charge is 2.30. The maximum atomic E-state index is 13.6. The molecule has 0 saturated carbocycles. The molecule has 0 bridgehead atoms. The molecular formula is C28H30BrN3O5S. The van der Waals surface area contributed by atoms with Crippen LogP contribution in [0.3, 0.4) is 0 Å². The molecule has 200 valence electrons. The quantitative estimate of drug-likeness (QED) is 0.389. The maximum absolute atomic E-state index is 13.6. The van der Waals surface area contributed by atoms with Crippen LogP contribution in [0.5, 0.6) is 11.5 Å². The predicted octanol–water partition coefficient (Wildman–Crippen LogP) is 4.02. The molecule has 0 atom stereocenters. The Labute approximate surface area is 231 Å². The topological polar surface area (TPSA) is 79.4 Å². The Morgan fingerprint density at radius 2 is 1.55 bits per heavy atom. The van der Waals surface area contributed by atoms with Crippen LogP contribution in [-0.4, -0.2) is 67.9 Å². The summed E-state index contributed by atoms with van der Waals surface area (Å²) in [6.45, 7) is 5.38. The molecule has 0 aliphatic carbocycles. The van der Waals surface area contributed by atoms with Gasteiger partial charge in [-0.2, -0.15) is 4.31 Å². The minimum Gasteiger partial charge on any atom is -0.454 e. The number of carbonyl (C=O) groups is 1. The van der Waals surface area contributed by atoms with E-state index in [0.717, 1.165) is 39.2 Å². The number of sulfonamides is 1. The van der Waals surface area contributed by atoms with Crippen LogP contribution < -0.4 is 9.47 Å². The Kier molecular flexibility index (Phi) is 8.04. The van der Waals surface area contributed by atoms with Gasteiger partial charge in [0.2, 0.25) is 22.7 Å². The summed E-state index contributed by atoms with van der Waals surface area (Å²) < 4.78 is 40.1. The lowest BCUT2D eigenvalue weighted by molar-refractivity contribution is -0.133. The highest BCUT2D eigenvalue weighted by molar-refractivity contribution is 9.10. The molecule has 2 aliphatic rings. The summed E-state index contributed by atoms with van der Waals surface area (Å²) in [5.41, 5.74) is 3.04. The maximum Gasteiger partial charge on any atom is 0.243 e. The smallest absolute Gasteiger partial charge is 0.243 e. The molecule has 0 spiro atoms. The third-order valence-corrected chi connectivity index (χ3v) is 9.15. The van der Waals surface area contributed by atoms with E-state index in [1.54, 1.807) is 29.2 Å². The summed E-state index contributed by atoms with van der Waals surface area (Å²) in [6, 6.07) is 20.1. The number of carbonyl (C=O) groups excluding carboxylic acids is 1. The Balaban J connectivity index is 1.25. The standard InChI is InChI=1S/C28H30BrN3O5S/c1-21-2-4-22(5-3-21)18-32(38(34,35)25-9-7-24(29)8-10-25)19-28(33)31-14-12-30(13-15-31)17-23-6-11-26-27(16-23)37-20-36-26/h2-11,16H,12-15,17-20H2,1H3. The molecule has 2 heterocycles. The van der Waals surface area contributed by atoms with Crippen LogP contribution >= 0.6 is 15.9 Å². The largest absolute Gasteiger partial charge is 0.454 e. The SMILES string of the molecule is Cc1ccc(CN(CC(=O)N2CCN(Cc3ccc4c(c3)OCO4)CC2)S(=O)(=O)c2ccc(Br)cc2)cc1. The van der Waals surface area contributed by atoms with Crippen LogP contribution in [0.15, 0.2) is 76.1 Å². The van der Waals surface area contributed by atoms with Gasteiger partial charge in [-0.05, 0) is 54.4 Å². The number of amides is 1. The van der Waals surface area contributed by atoms with Crippen molar-refractivity contribution >= 4 is 31.9 Å². The van der Waals surface area contributed by atoms with Gasteiger partial charge in [0, 0.05) is 43.7 Å². The number of hydrogen-bond acceptors (Lipinski definition) is 6. The van der Waals surface area contributed by atoms with Gasteiger partial charge in [0.15, 0.2) is 11.5 Å². The van der Waals surface area contributed by atoms with Gasteiger partial charge in [0.05, 0.1) is 11.4 Å². The number of rotatable bonds is 8. The zero-order valence-corrected chi connectivity index (χ0v) is 23.6. The van der Waals surface area contributed by atoms with Crippen LogP contribution in [-0.2, 0) is 27.9 Å². The molecule has 0 aromatic heterocycles. The fourth-order valence-electron chi connectivity index (χ4n) is 4.58. The zero-order valence-electron chi connectivity index (χ0n) is 21.2. The molecule has 3 aromatic rings. The number of hydrogen-bond donors (Lipinski definition) is 0. The lowest BCUT2D eigenvalue weighted by Gasteiger charge is -2.35. The summed E-state index contributed by atoms with van der Waals surface area (Å²) in [7, 11) is -3.88. The molecule has 3 aromatic carbocycles. The van der Waals surface area contributed by atoms with Gasteiger partial charge in [-0.15, -0.1) is 0 Å². The number of ether oxygens (including phenoxy) is 2. The van der Waals surface area contributed by atoms with Crippen LogP contribution in [0, 0.1) is 6.92 Å². The van der Waals surface area contributed by atoms with Gasteiger partial charge in [-0.3, -0.25) is 9.69 Å². The van der Waals surface area contributed by atoms with E-state index in [2.05, 4.69) is 20.8 Å². The first-order chi connectivity index (χ1) is 18.3. The summed E-state index contributed by atoms with van der Waals surface area (Å²) >= 11 is 3.36. The molecule has 0 N–H and O–H groups in total. The lowest BCUT2D eigenvalue weighted by Crippen LogP contribution is -2.51. The first kappa shape index (κ1) is 26.7. The molecule has 1 saturated heterocycles. The van der Waals surface area contributed by atoms with E-state index >= 15 is 0 Å². The fourth-order valence-corrected chi connectivity index (χ4v) is 6.22. The van der Waals surface area contributed by atoms with Crippen LogP contribution in [0.2, 0.25) is 0 Å². The molecule has 0 radical (unpaired) electrons. The van der Waals surface area contributed by atoms with Crippen molar-refractivity contribution < 1.29 is 22.7 Å². The third-order valence-electron chi connectivity index (χ3n) is 6.81. The molecule has 5 rings (SSSR count). The predicted molar refractivity (Wildman–Crippen MR) is 147 cm³/mol. The highest BCUT2D eigenvalue weighted by atomic mass is 79.9.